The van der Waals surface area contributed by atoms with Crippen molar-refractivity contribution in [2.24, 2.45) is 0 Å². The van der Waals surface area contributed by atoms with Crippen LogP contribution in [0, 0.1) is 13.8 Å². The first-order valence-electron chi connectivity index (χ1n) is 8.53. The van der Waals surface area contributed by atoms with Crippen molar-refractivity contribution in [2.75, 3.05) is 13.1 Å². The summed E-state index contributed by atoms with van der Waals surface area (Å²) < 4.78 is 5.88. The molecule has 0 radical (unpaired) electrons. The molecule has 24 heavy (non-hydrogen) atoms. The van der Waals surface area contributed by atoms with Crippen LogP contribution in [0.25, 0.3) is 0 Å². The van der Waals surface area contributed by atoms with E-state index in [1.54, 1.807) is 6.20 Å². The van der Waals surface area contributed by atoms with E-state index in [-0.39, 0.29) is 12.0 Å². The summed E-state index contributed by atoms with van der Waals surface area (Å²) in [5.74, 6) is 0.846. The van der Waals surface area contributed by atoms with E-state index in [4.69, 9.17) is 4.74 Å². The monoisotopic (exact) mass is 324 g/mol. The minimum atomic E-state index is 0.0446. The summed E-state index contributed by atoms with van der Waals surface area (Å²) in [7, 11) is 0. The van der Waals surface area contributed by atoms with Gasteiger partial charge in [0.15, 0.2) is 0 Å². The zero-order valence-corrected chi connectivity index (χ0v) is 14.4. The number of nitrogens with zero attached hydrogens (tertiary/aromatic N) is 2. The number of amides is 1. The van der Waals surface area contributed by atoms with Gasteiger partial charge in [-0.05, 0) is 31.4 Å². The first kappa shape index (κ1) is 16.5. The molecule has 1 atom stereocenters. The van der Waals surface area contributed by atoms with E-state index in [0.29, 0.717) is 18.8 Å². The third-order valence-electron chi connectivity index (χ3n) is 4.38. The Morgan fingerprint density at radius 3 is 2.88 bits per heavy atom. The average molecular weight is 324 g/mol. The molecule has 1 fully saturated rings. The number of benzene rings is 1. The highest BCUT2D eigenvalue weighted by atomic mass is 16.5. The van der Waals surface area contributed by atoms with Gasteiger partial charge in [0.25, 0.3) is 0 Å². The van der Waals surface area contributed by atoms with Crippen LogP contribution in [0.1, 0.15) is 29.5 Å². The van der Waals surface area contributed by atoms with E-state index in [2.05, 4.69) is 30.1 Å². The second-order valence-electron chi connectivity index (χ2n) is 6.53. The molecule has 3 rings (SSSR count). The molecule has 0 spiro atoms. The first-order chi connectivity index (χ1) is 11.6. The molecule has 1 aliphatic heterocycles. The van der Waals surface area contributed by atoms with Crippen LogP contribution in [-0.2, 0) is 11.2 Å². The Kier molecular flexibility index (Phi) is 5.14. The first-order valence-corrected chi connectivity index (χ1v) is 8.53. The van der Waals surface area contributed by atoms with E-state index < -0.39 is 0 Å². The summed E-state index contributed by atoms with van der Waals surface area (Å²) in [5, 5.41) is 0. The van der Waals surface area contributed by atoms with Crippen molar-refractivity contribution in [2.45, 2.75) is 39.2 Å². The van der Waals surface area contributed by atoms with Gasteiger partial charge in [-0.1, -0.05) is 35.9 Å². The fraction of sp³-hybridized carbons (Fsp3) is 0.400. The number of carbonyl (C=O) groups is 1. The Balaban J connectivity index is 1.48. The largest absolute Gasteiger partial charge is 0.472 e. The van der Waals surface area contributed by atoms with Crippen molar-refractivity contribution in [1.29, 1.82) is 0 Å². The van der Waals surface area contributed by atoms with Gasteiger partial charge < -0.3 is 9.64 Å². The summed E-state index contributed by atoms with van der Waals surface area (Å²) in [6, 6.07) is 12.2. The van der Waals surface area contributed by atoms with Gasteiger partial charge in [0.2, 0.25) is 11.8 Å². The number of hydrogen-bond acceptors (Lipinski definition) is 3. The van der Waals surface area contributed by atoms with Gasteiger partial charge >= 0.3 is 0 Å². The maximum atomic E-state index is 12.4. The van der Waals surface area contributed by atoms with Crippen LogP contribution in [0.4, 0.5) is 0 Å². The van der Waals surface area contributed by atoms with Gasteiger partial charge in [0, 0.05) is 31.6 Å². The molecule has 0 bridgehead atoms. The van der Waals surface area contributed by atoms with Gasteiger partial charge in [-0.3, -0.25) is 4.79 Å². The van der Waals surface area contributed by atoms with Crippen LogP contribution >= 0.6 is 0 Å². The lowest BCUT2D eigenvalue weighted by atomic mass is 10.1. The zero-order valence-electron chi connectivity index (χ0n) is 14.4. The summed E-state index contributed by atoms with van der Waals surface area (Å²) in [5.41, 5.74) is 3.57. The number of aryl methyl sites for hydroxylation is 3. The number of likely N-dealkylation sites (tertiary alicyclic amines) is 1. The quantitative estimate of drug-likeness (QED) is 0.847. The predicted molar refractivity (Wildman–Crippen MR) is 94.1 cm³/mol. The van der Waals surface area contributed by atoms with E-state index in [0.717, 1.165) is 24.9 Å². The Hall–Kier alpha value is -2.36. The summed E-state index contributed by atoms with van der Waals surface area (Å²) in [4.78, 5) is 18.6. The van der Waals surface area contributed by atoms with Crippen molar-refractivity contribution in [3.63, 3.8) is 0 Å². The molecule has 1 aliphatic rings. The van der Waals surface area contributed by atoms with Crippen molar-refractivity contribution in [3.05, 3.63) is 59.3 Å². The number of carbonyl (C=O) groups excluding carboxylic acids is 1. The number of pyridine rings is 1. The standard InChI is InChI=1S/C20H24N2O2/c1-15-4-3-5-17(12-15)7-9-20(23)22-11-10-18(14-22)24-19-8-6-16(2)13-21-19/h3-6,8,12-13,18H,7,9-11,14H2,1-2H3. The smallest absolute Gasteiger partial charge is 0.223 e. The van der Waals surface area contributed by atoms with Crippen molar-refractivity contribution in [1.82, 2.24) is 9.88 Å². The van der Waals surface area contributed by atoms with Gasteiger partial charge in [-0.2, -0.15) is 0 Å². The molecule has 0 saturated carbocycles. The van der Waals surface area contributed by atoms with Crippen LogP contribution in [-0.4, -0.2) is 35.0 Å². The lowest BCUT2D eigenvalue weighted by Crippen LogP contribution is -2.31. The second kappa shape index (κ2) is 7.47. The van der Waals surface area contributed by atoms with Gasteiger partial charge in [-0.15, -0.1) is 0 Å². The summed E-state index contributed by atoms with van der Waals surface area (Å²) in [6.07, 6.45) is 4.06. The Morgan fingerprint density at radius 2 is 2.12 bits per heavy atom. The molecule has 1 saturated heterocycles. The third-order valence-corrected chi connectivity index (χ3v) is 4.38. The van der Waals surface area contributed by atoms with Crippen molar-refractivity contribution < 1.29 is 9.53 Å². The Labute approximate surface area is 143 Å². The van der Waals surface area contributed by atoms with E-state index in [1.165, 1.54) is 11.1 Å². The highest BCUT2D eigenvalue weighted by Crippen LogP contribution is 2.18. The second-order valence-corrected chi connectivity index (χ2v) is 6.53. The fourth-order valence-corrected chi connectivity index (χ4v) is 3.02. The van der Waals surface area contributed by atoms with Crippen LogP contribution in [0.2, 0.25) is 0 Å². The predicted octanol–water partition coefficient (Wildman–Crippen LogP) is 3.31. The third kappa shape index (κ3) is 4.34. The molecular weight excluding hydrogens is 300 g/mol. The molecule has 0 N–H and O–H groups in total. The zero-order chi connectivity index (χ0) is 16.9. The summed E-state index contributed by atoms with van der Waals surface area (Å²) in [6.45, 7) is 5.50. The SMILES string of the molecule is Cc1ccc(OC2CCN(C(=O)CCc3cccc(C)c3)C2)nc1. The minimum Gasteiger partial charge on any atom is -0.472 e. The lowest BCUT2D eigenvalue weighted by molar-refractivity contribution is -0.130. The molecule has 126 valence electrons. The van der Waals surface area contributed by atoms with Crippen molar-refractivity contribution in [3.8, 4) is 5.88 Å². The highest BCUT2D eigenvalue weighted by Gasteiger charge is 2.27. The van der Waals surface area contributed by atoms with Crippen LogP contribution < -0.4 is 4.74 Å². The number of hydrogen-bond donors (Lipinski definition) is 0. The topological polar surface area (TPSA) is 42.4 Å². The van der Waals surface area contributed by atoms with Gasteiger partial charge in [0.05, 0.1) is 6.54 Å². The molecule has 2 aromatic rings. The molecule has 0 aliphatic carbocycles. The van der Waals surface area contributed by atoms with Gasteiger partial charge in [-0.25, -0.2) is 4.98 Å². The molecular formula is C20H24N2O2. The molecule has 1 aromatic heterocycles. The fourth-order valence-electron chi connectivity index (χ4n) is 3.02. The molecule has 4 nitrogen and oxygen atoms in total. The lowest BCUT2D eigenvalue weighted by Gasteiger charge is -2.17. The van der Waals surface area contributed by atoms with Crippen molar-refractivity contribution >= 4 is 5.91 Å². The minimum absolute atomic E-state index is 0.0446. The maximum absolute atomic E-state index is 12.4. The van der Waals surface area contributed by atoms with Gasteiger partial charge in [0.1, 0.15) is 6.10 Å². The summed E-state index contributed by atoms with van der Waals surface area (Å²) >= 11 is 0. The van der Waals surface area contributed by atoms with Crippen LogP contribution in [0.3, 0.4) is 0 Å². The Bertz CT molecular complexity index is 697. The number of aromatic nitrogens is 1. The molecule has 1 unspecified atom stereocenters. The van der Waals surface area contributed by atoms with Crippen LogP contribution in [0.15, 0.2) is 42.6 Å². The number of ether oxygens (including phenoxy) is 1. The van der Waals surface area contributed by atoms with E-state index in [9.17, 15) is 4.79 Å². The highest BCUT2D eigenvalue weighted by molar-refractivity contribution is 5.76. The number of rotatable bonds is 5. The average Bonchev–Trinajstić information content (AvgIpc) is 3.03. The normalized spacial score (nSPS) is 17.1. The van der Waals surface area contributed by atoms with E-state index >= 15 is 0 Å². The molecule has 2 heterocycles. The van der Waals surface area contributed by atoms with E-state index in [1.807, 2.05) is 30.0 Å². The molecule has 1 aromatic carbocycles. The Morgan fingerprint density at radius 1 is 1.25 bits per heavy atom. The molecule has 4 heteroatoms. The molecule has 1 amide bonds. The maximum Gasteiger partial charge on any atom is 0.223 e. The van der Waals surface area contributed by atoms with Crippen LogP contribution in [0.5, 0.6) is 5.88 Å².